The quantitative estimate of drug-likeness (QED) is 0.817. The molecule has 0 radical (unpaired) electrons. The molecule has 0 aliphatic carbocycles. The van der Waals surface area contributed by atoms with Gasteiger partial charge in [0.15, 0.2) is 0 Å². The second kappa shape index (κ2) is 6.89. The third-order valence-electron chi connectivity index (χ3n) is 2.75. The molecule has 1 N–H and O–H groups in total. The van der Waals surface area contributed by atoms with Crippen molar-refractivity contribution < 1.29 is 9.00 Å². The predicted molar refractivity (Wildman–Crippen MR) is 67.0 cm³/mol. The monoisotopic (exact) mass is 246 g/mol. The maximum atomic E-state index is 11.9. The Labute approximate surface area is 100 Å². The number of carbonyl (C=O) groups excluding carboxylic acids is 1. The predicted octanol–water partition coefficient (Wildman–Crippen LogP) is 1.34. The number of hydrogen-bond donors (Lipinski definition) is 1. The highest BCUT2D eigenvalue weighted by Gasteiger charge is 2.17. The van der Waals surface area contributed by atoms with Crippen LogP contribution >= 0.6 is 0 Å². The van der Waals surface area contributed by atoms with Crippen LogP contribution in [0.1, 0.15) is 32.6 Å². The molecule has 0 spiro atoms. The van der Waals surface area contributed by atoms with Crippen LogP contribution in [-0.4, -0.2) is 46.3 Å². The van der Waals surface area contributed by atoms with Crippen molar-refractivity contribution in [1.82, 2.24) is 10.2 Å². The van der Waals surface area contributed by atoms with Gasteiger partial charge in [-0.3, -0.25) is 4.21 Å². The number of nitrogens with zero attached hydrogens (tertiary/aromatic N) is 1. The van der Waals surface area contributed by atoms with E-state index in [1.807, 2.05) is 11.8 Å². The van der Waals surface area contributed by atoms with Crippen LogP contribution in [0.15, 0.2) is 0 Å². The number of urea groups is 1. The van der Waals surface area contributed by atoms with Crippen molar-refractivity contribution in [3.63, 3.8) is 0 Å². The lowest BCUT2D eigenvalue weighted by molar-refractivity contribution is 0.197. The highest BCUT2D eigenvalue weighted by molar-refractivity contribution is 7.84. The average molecular weight is 246 g/mol. The van der Waals surface area contributed by atoms with Crippen LogP contribution in [-0.2, 0) is 10.8 Å². The summed E-state index contributed by atoms with van der Waals surface area (Å²) in [6, 6.07) is -0.0126. The van der Waals surface area contributed by atoms with Gasteiger partial charge in [-0.15, -0.1) is 0 Å². The summed E-state index contributed by atoms with van der Waals surface area (Å²) < 4.78 is 11.0. The van der Waals surface area contributed by atoms with E-state index in [9.17, 15) is 9.00 Å². The van der Waals surface area contributed by atoms with Crippen molar-refractivity contribution in [2.24, 2.45) is 0 Å². The summed E-state index contributed by atoms with van der Waals surface area (Å²) in [4.78, 5) is 13.7. The average Bonchev–Trinajstić information content (AvgIpc) is 2.43. The summed E-state index contributed by atoms with van der Waals surface area (Å²) in [5.74, 6) is 0.527. The molecule has 94 valence electrons. The van der Waals surface area contributed by atoms with E-state index in [-0.39, 0.29) is 12.1 Å². The Morgan fingerprint density at radius 3 is 2.38 bits per heavy atom. The van der Waals surface area contributed by atoms with E-state index >= 15 is 0 Å². The second-order valence-corrected chi connectivity index (χ2v) is 5.97. The van der Waals surface area contributed by atoms with E-state index < -0.39 is 10.8 Å². The zero-order valence-electron chi connectivity index (χ0n) is 10.2. The van der Waals surface area contributed by atoms with Crippen molar-refractivity contribution in [3.8, 4) is 0 Å². The van der Waals surface area contributed by atoms with Crippen molar-refractivity contribution in [2.75, 3.05) is 25.1 Å². The minimum absolute atomic E-state index is 0.000139. The molecule has 2 unspecified atom stereocenters. The zero-order valence-corrected chi connectivity index (χ0v) is 11.0. The van der Waals surface area contributed by atoms with Crippen molar-refractivity contribution >= 4 is 16.8 Å². The van der Waals surface area contributed by atoms with Crippen LogP contribution in [0.3, 0.4) is 0 Å². The van der Waals surface area contributed by atoms with E-state index in [1.54, 1.807) is 6.26 Å². The van der Waals surface area contributed by atoms with Crippen LogP contribution in [0.4, 0.5) is 4.79 Å². The zero-order chi connectivity index (χ0) is 12.0. The fraction of sp³-hybridized carbons (Fsp3) is 0.909. The van der Waals surface area contributed by atoms with E-state index in [2.05, 4.69) is 5.32 Å². The first-order valence-electron chi connectivity index (χ1n) is 5.95. The third-order valence-corrected chi connectivity index (χ3v) is 3.72. The molecule has 4 nitrogen and oxygen atoms in total. The number of carbonyl (C=O) groups is 1. The van der Waals surface area contributed by atoms with Gasteiger partial charge in [-0.2, -0.15) is 0 Å². The third kappa shape index (κ3) is 4.96. The highest BCUT2D eigenvalue weighted by Crippen LogP contribution is 2.09. The van der Waals surface area contributed by atoms with Crippen LogP contribution in [0.5, 0.6) is 0 Å². The maximum absolute atomic E-state index is 11.9. The van der Waals surface area contributed by atoms with E-state index in [0.717, 1.165) is 25.9 Å². The first-order chi connectivity index (χ1) is 7.59. The minimum Gasteiger partial charge on any atom is -0.335 e. The van der Waals surface area contributed by atoms with Gasteiger partial charge >= 0.3 is 6.03 Å². The molecule has 1 rings (SSSR count). The molecule has 2 atom stereocenters. The Balaban J connectivity index is 2.34. The Bertz CT molecular complexity index is 250. The molecule has 1 aliphatic heterocycles. The van der Waals surface area contributed by atoms with Gasteiger partial charge in [0.1, 0.15) is 0 Å². The Morgan fingerprint density at radius 2 is 1.88 bits per heavy atom. The molecule has 0 bridgehead atoms. The maximum Gasteiger partial charge on any atom is 0.317 e. The summed E-state index contributed by atoms with van der Waals surface area (Å²) >= 11 is 0. The second-order valence-electron chi connectivity index (χ2n) is 4.49. The first-order valence-corrected chi connectivity index (χ1v) is 7.68. The van der Waals surface area contributed by atoms with Gasteiger partial charge in [-0.25, -0.2) is 4.79 Å². The van der Waals surface area contributed by atoms with Crippen molar-refractivity contribution in [3.05, 3.63) is 0 Å². The van der Waals surface area contributed by atoms with Crippen molar-refractivity contribution in [1.29, 1.82) is 0 Å². The van der Waals surface area contributed by atoms with E-state index in [1.165, 1.54) is 12.8 Å². The summed E-state index contributed by atoms with van der Waals surface area (Å²) in [5, 5.41) is 2.90. The summed E-state index contributed by atoms with van der Waals surface area (Å²) in [6.07, 6.45) is 6.30. The van der Waals surface area contributed by atoms with Crippen molar-refractivity contribution in [2.45, 2.75) is 38.6 Å². The van der Waals surface area contributed by atoms with Gasteiger partial charge in [-0.1, -0.05) is 12.8 Å². The Hall–Kier alpha value is -0.580. The molecular formula is C11H22N2O2S. The molecular weight excluding hydrogens is 224 g/mol. The van der Waals surface area contributed by atoms with Gasteiger partial charge in [0.2, 0.25) is 0 Å². The van der Waals surface area contributed by atoms with E-state index in [4.69, 9.17) is 0 Å². The molecule has 1 fully saturated rings. The smallest absolute Gasteiger partial charge is 0.317 e. The molecule has 1 heterocycles. The Morgan fingerprint density at radius 1 is 1.31 bits per heavy atom. The van der Waals surface area contributed by atoms with Gasteiger partial charge < -0.3 is 10.2 Å². The van der Waals surface area contributed by atoms with Gasteiger partial charge in [0, 0.05) is 41.9 Å². The topological polar surface area (TPSA) is 49.4 Å². The summed E-state index contributed by atoms with van der Waals surface area (Å²) in [6.45, 7) is 3.61. The van der Waals surface area contributed by atoms with Crippen LogP contribution in [0.2, 0.25) is 0 Å². The molecule has 1 aliphatic rings. The number of hydrogen-bond acceptors (Lipinski definition) is 2. The van der Waals surface area contributed by atoms with E-state index in [0.29, 0.717) is 5.75 Å². The molecule has 0 aromatic carbocycles. The lowest BCUT2D eigenvalue weighted by atomic mass is 10.2. The molecule has 1 saturated heterocycles. The molecule has 16 heavy (non-hydrogen) atoms. The van der Waals surface area contributed by atoms with Crippen LogP contribution < -0.4 is 5.32 Å². The number of nitrogens with one attached hydrogen (secondary N) is 1. The largest absolute Gasteiger partial charge is 0.335 e. The standard InChI is InChI=1S/C11H22N2O2S/c1-10(9-16(2)15)12-11(14)13-7-5-3-4-6-8-13/h10H,3-9H2,1-2H3,(H,12,14). The molecule has 0 aromatic rings. The Kier molecular flexibility index (Phi) is 5.80. The number of rotatable bonds is 3. The van der Waals surface area contributed by atoms with Gasteiger partial charge in [-0.05, 0) is 19.8 Å². The highest BCUT2D eigenvalue weighted by atomic mass is 32.2. The lowest BCUT2D eigenvalue weighted by Gasteiger charge is -2.23. The fourth-order valence-electron chi connectivity index (χ4n) is 1.97. The van der Waals surface area contributed by atoms with Crippen LogP contribution in [0.25, 0.3) is 0 Å². The normalized spacial score (nSPS) is 21.0. The lowest BCUT2D eigenvalue weighted by Crippen LogP contribution is -2.45. The molecule has 2 amide bonds. The summed E-state index contributed by atoms with van der Waals surface area (Å²) in [5.41, 5.74) is 0. The SMILES string of the molecule is CC(CS(C)=O)NC(=O)N1CCCCCC1. The first kappa shape index (κ1) is 13.5. The number of likely N-dealkylation sites (tertiary alicyclic amines) is 1. The minimum atomic E-state index is -0.854. The van der Waals surface area contributed by atoms with Gasteiger partial charge in [0.25, 0.3) is 0 Å². The molecule has 0 aromatic heterocycles. The number of amides is 2. The van der Waals surface area contributed by atoms with Crippen LogP contribution in [0, 0.1) is 0 Å². The molecule has 5 heteroatoms. The molecule has 0 saturated carbocycles. The summed E-state index contributed by atoms with van der Waals surface area (Å²) in [7, 11) is -0.854. The fourth-order valence-corrected chi connectivity index (χ4v) is 2.76. The van der Waals surface area contributed by atoms with Gasteiger partial charge in [0.05, 0.1) is 0 Å².